The molecule has 1 heterocycles. The molecule has 0 radical (unpaired) electrons. The standard InChI is InChI=1S/C10H14F6N2O/c11-9(12,13)7(10(14,15)16)8(19)18-5-3-6-2-1-4-17-6/h6-7,17H,1-5H2,(H,18,19)/t6-/m1/s1. The molecular weight excluding hydrogens is 278 g/mol. The zero-order chi connectivity index (χ0) is 14.7. The quantitative estimate of drug-likeness (QED) is 0.778. The zero-order valence-electron chi connectivity index (χ0n) is 9.87. The van der Waals surface area contributed by atoms with Crippen LogP contribution >= 0.6 is 0 Å². The van der Waals surface area contributed by atoms with Crippen LogP contribution in [0.1, 0.15) is 19.3 Å². The van der Waals surface area contributed by atoms with Crippen molar-refractivity contribution in [3.8, 4) is 0 Å². The Kier molecular flexibility index (Phi) is 5.05. The number of hydrogen-bond acceptors (Lipinski definition) is 2. The van der Waals surface area contributed by atoms with Crippen molar-refractivity contribution in [1.29, 1.82) is 0 Å². The van der Waals surface area contributed by atoms with Crippen molar-refractivity contribution in [2.45, 2.75) is 37.7 Å². The second kappa shape index (κ2) is 5.98. The lowest BCUT2D eigenvalue weighted by atomic mass is 10.1. The van der Waals surface area contributed by atoms with E-state index in [0.717, 1.165) is 19.4 Å². The second-order valence-electron chi connectivity index (χ2n) is 4.39. The van der Waals surface area contributed by atoms with E-state index in [2.05, 4.69) is 5.32 Å². The highest BCUT2D eigenvalue weighted by Gasteiger charge is 2.60. The van der Waals surface area contributed by atoms with Gasteiger partial charge in [-0.25, -0.2) is 0 Å². The minimum absolute atomic E-state index is 0.0375. The molecule has 1 aliphatic heterocycles. The molecule has 0 aromatic carbocycles. The summed E-state index contributed by atoms with van der Waals surface area (Å²) in [5.74, 6) is -6.01. The van der Waals surface area contributed by atoms with Crippen LogP contribution in [0.5, 0.6) is 0 Å². The smallest absolute Gasteiger partial charge is 0.355 e. The van der Waals surface area contributed by atoms with Gasteiger partial charge in [0, 0.05) is 12.6 Å². The first-order valence-electron chi connectivity index (χ1n) is 5.77. The third kappa shape index (κ3) is 4.88. The number of alkyl halides is 6. The van der Waals surface area contributed by atoms with Gasteiger partial charge in [0.2, 0.25) is 11.8 Å². The first-order valence-corrected chi connectivity index (χ1v) is 5.77. The van der Waals surface area contributed by atoms with E-state index in [4.69, 9.17) is 0 Å². The summed E-state index contributed by atoms with van der Waals surface area (Å²) in [6.07, 6.45) is -9.24. The molecule has 1 fully saturated rings. The number of nitrogens with one attached hydrogen (secondary N) is 2. The van der Waals surface area contributed by atoms with Crippen molar-refractivity contribution in [2.24, 2.45) is 5.92 Å². The molecule has 9 heteroatoms. The Morgan fingerprint density at radius 3 is 2.21 bits per heavy atom. The predicted molar refractivity (Wildman–Crippen MR) is 54.3 cm³/mol. The maximum absolute atomic E-state index is 12.2. The summed E-state index contributed by atoms with van der Waals surface area (Å²) >= 11 is 0. The van der Waals surface area contributed by atoms with Gasteiger partial charge in [-0.05, 0) is 25.8 Å². The summed E-state index contributed by atoms with van der Waals surface area (Å²) < 4.78 is 73.2. The zero-order valence-corrected chi connectivity index (χ0v) is 9.87. The lowest BCUT2D eigenvalue weighted by molar-refractivity contribution is -0.274. The van der Waals surface area contributed by atoms with Crippen LogP contribution < -0.4 is 10.6 Å². The maximum Gasteiger partial charge on any atom is 0.409 e. The molecule has 112 valence electrons. The van der Waals surface area contributed by atoms with Crippen molar-refractivity contribution in [1.82, 2.24) is 10.6 Å². The molecule has 0 bridgehead atoms. The highest BCUT2D eigenvalue weighted by atomic mass is 19.4. The average molecular weight is 292 g/mol. The van der Waals surface area contributed by atoms with Crippen LogP contribution in [-0.4, -0.2) is 37.4 Å². The number of carbonyl (C=O) groups excluding carboxylic acids is 1. The third-order valence-electron chi connectivity index (χ3n) is 2.87. The van der Waals surface area contributed by atoms with E-state index in [1.165, 1.54) is 0 Å². The number of hydrogen-bond donors (Lipinski definition) is 2. The first kappa shape index (κ1) is 16.1. The van der Waals surface area contributed by atoms with Crippen molar-refractivity contribution >= 4 is 5.91 Å². The molecular formula is C10H14F6N2O. The largest absolute Gasteiger partial charge is 0.409 e. The molecule has 19 heavy (non-hydrogen) atoms. The molecule has 1 aliphatic rings. The molecule has 2 N–H and O–H groups in total. The minimum Gasteiger partial charge on any atom is -0.355 e. The second-order valence-corrected chi connectivity index (χ2v) is 4.39. The van der Waals surface area contributed by atoms with Gasteiger partial charge in [0.25, 0.3) is 0 Å². The molecule has 1 atom stereocenters. The highest BCUT2D eigenvalue weighted by Crippen LogP contribution is 2.39. The van der Waals surface area contributed by atoms with Gasteiger partial charge in [-0.2, -0.15) is 26.3 Å². The fourth-order valence-corrected chi connectivity index (χ4v) is 1.96. The third-order valence-corrected chi connectivity index (χ3v) is 2.87. The van der Waals surface area contributed by atoms with E-state index in [0.29, 0.717) is 6.42 Å². The Labute approximate surface area is 105 Å². The summed E-state index contributed by atoms with van der Waals surface area (Å²) in [5.41, 5.74) is 0. The van der Waals surface area contributed by atoms with Crippen LogP contribution in [0.4, 0.5) is 26.3 Å². The Morgan fingerprint density at radius 2 is 1.79 bits per heavy atom. The van der Waals surface area contributed by atoms with Gasteiger partial charge >= 0.3 is 12.4 Å². The van der Waals surface area contributed by atoms with Crippen LogP contribution in [0.2, 0.25) is 0 Å². The SMILES string of the molecule is O=C(NCC[C@H]1CCCN1)C(C(F)(F)F)C(F)(F)F. The van der Waals surface area contributed by atoms with E-state index in [-0.39, 0.29) is 12.6 Å². The number of rotatable bonds is 4. The maximum atomic E-state index is 12.2. The summed E-state index contributed by atoms with van der Waals surface area (Å²) in [5, 5.41) is 4.73. The van der Waals surface area contributed by atoms with Gasteiger partial charge in [-0.1, -0.05) is 0 Å². The van der Waals surface area contributed by atoms with Gasteiger partial charge in [0.1, 0.15) is 0 Å². The Morgan fingerprint density at radius 1 is 1.21 bits per heavy atom. The molecule has 0 spiro atoms. The van der Waals surface area contributed by atoms with Crippen LogP contribution in [0.3, 0.4) is 0 Å². The molecule has 1 saturated heterocycles. The van der Waals surface area contributed by atoms with Crippen LogP contribution in [0.25, 0.3) is 0 Å². The van der Waals surface area contributed by atoms with E-state index < -0.39 is 24.2 Å². The summed E-state index contributed by atoms with van der Waals surface area (Å²) in [4.78, 5) is 11.0. The van der Waals surface area contributed by atoms with Crippen molar-refractivity contribution in [3.05, 3.63) is 0 Å². The van der Waals surface area contributed by atoms with Gasteiger partial charge < -0.3 is 10.6 Å². The molecule has 0 aliphatic carbocycles. The fourth-order valence-electron chi connectivity index (χ4n) is 1.96. The highest BCUT2D eigenvalue weighted by molar-refractivity contribution is 5.80. The molecule has 0 saturated carbocycles. The fraction of sp³-hybridized carbons (Fsp3) is 0.900. The Hall–Kier alpha value is -0.990. The van der Waals surface area contributed by atoms with E-state index in [9.17, 15) is 31.1 Å². The van der Waals surface area contributed by atoms with Crippen LogP contribution in [0.15, 0.2) is 0 Å². The minimum atomic E-state index is -5.63. The molecule has 0 unspecified atom stereocenters. The number of halogens is 6. The summed E-state index contributed by atoms with van der Waals surface area (Å²) in [7, 11) is 0. The summed E-state index contributed by atoms with van der Waals surface area (Å²) in [6, 6.07) is 0.0375. The molecule has 0 aromatic heterocycles. The molecule has 3 nitrogen and oxygen atoms in total. The van der Waals surface area contributed by atoms with Crippen molar-refractivity contribution in [3.63, 3.8) is 0 Å². The van der Waals surface area contributed by atoms with E-state index in [1.54, 1.807) is 5.32 Å². The molecule has 1 rings (SSSR count). The Bertz CT molecular complexity index is 294. The predicted octanol–water partition coefficient (Wildman–Crippen LogP) is 1.99. The monoisotopic (exact) mass is 292 g/mol. The lowest BCUT2D eigenvalue weighted by Gasteiger charge is -2.22. The van der Waals surface area contributed by atoms with Crippen molar-refractivity contribution < 1.29 is 31.1 Å². The van der Waals surface area contributed by atoms with Crippen LogP contribution in [-0.2, 0) is 4.79 Å². The van der Waals surface area contributed by atoms with Gasteiger partial charge in [-0.3, -0.25) is 4.79 Å². The van der Waals surface area contributed by atoms with E-state index >= 15 is 0 Å². The Balaban J connectivity index is 2.48. The van der Waals surface area contributed by atoms with Crippen LogP contribution in [0, 0.1) is 5.92 Å². The van der Waals surface area contributed by atoms with Gasteiger partial charge in [-0.15, -0.1) is 0 Å². The van der Waals surface area contributed by atoms with E-state index in [1.807, 2.05) is 0 Å². The number of carbonyl (C=O) groups is 1. The van der Waals surface area contributed by atoms with Crippen molar-refractivity contribution in [2.75, 3.05) is 13.1 Å². The number of amides is 1. The summed E-state index contributed by atoms with van der Waals surface area (Å²) in [6.45, 7) is 0.561. The molecule has 0 aromatic rings. The first-order chi connectivity index (χ1) is 8.62. The van der Waals surface area contributed by atoms with Gasteiger partial charge in [0.05, 0.1) is 0 Å². The lowest BCUT2D eigenvalue weighted by Crippen LogP contribution is -2.48. The average Bonchev–Trinajstić information content (AvgIpc) is 2.65. The topological polar surface area (TPSA) is 41.1 Å². The normalized spacial score (nSPS) is 20.9. The molecule has 1 amide bonds. The van der Waals surface area contributed by atoms with Gasteiger partial charge in [0.15, 0.2) is 0 Å².